The van der Waals surface area contributed by atoms with Gasteiger partial charge >= 0.3 is 0 Å². The van der Waals surface area contributed by atoms with Gasteiger partial charge in [-0.05, 0) is 46.5 Å². The summed E-state index contributed by atoms with van der Waals surface area (Å²) >= 11 is 10.3. The van der Waals surface area contributed by atoms with Crippen LogP contribution in [0.25, 0.3) is 0 Å². The SMILES string of the molecule is BrCc1cccc(Br)c1.Brc1cccc(CN2CCOC(c3ccccc3)C2)c1.C.c1ccc(C2CNCCO2)cc1. The Morgan fingerprint density at radius 3 is 1.81 bits per heavy atom. The number of ether oxygens (including phenoxy) is 2. The maximum Gasteiger partial charge on any atom is 0.0952 e. The molecule has 0 spiro atoms. The number of nitrogens with zero attached hydrogens (tertiary/aromatic N) is 1. The molecule has 0 amide bonds. The van der Waals surface area contributed by atoms with Crippen LogP contribution in [-0.2, 0) is 21.3 Å². The van der Waals surface area contributed by atoms with Gasteiger partial charge in [-0.25, -0.2) is 0 Å². The third-order valence-corrected chi connectivity index (χ3v) is 8.39. The number of hydrogen-bond acceptors (Lipinski definition) is 4. The van der Waals surface area contributed by atoms with E-state index in [4.69, 9.17) is 9.47 Å². The first-order valence-electron chi connectivity index (χ1n) is 13.9. The second kappa shape index (κ2) is 19.4. The summed E-state index contributed by atoms with van der Waals surface area (Å²) in [5.41, 5.74) is 5.17. The fraction of sp³-hybridized carbons (Fsp3) is 0.314. The topological polar surface area (TPSA) is 33.7 Å². The largest absolute Gasteiger partial charge is 0.371 e. The second-order valence-electron chi connectivity index (χ2n) is 9.87. The average Bonchev–Trinajstić information content (AvgIpc) is 3.03. The molecule has 4 aromatic carbocycles. The summed E-state index contributed by atoms with van der Waals surface area (Å²) in [6.07, 6.45) is 0.442. The Morgan fingerprint density at radius 2 is 1.26 bits per heavy atom. The first kappa shape index (κ1) is 34.6. The maximum atomic E-state index is 5.90. The molecule has 2 heterocycles. The van der Waals surface area contributed by atoms with E-state index in [-0.39, 0.29) is 19.6 Å². The van der Waals surface area contributed by atoms with E-state index in [0.717, 1.165) is 60.2 Å². The third kappa shape index (κ3) is 12.0. The standard InChI is InChI=1S/C17H18BrNO.C10H13NO.C7H6Br2.CH4/c18-16-8-4-5-14(11-16)12-19-9-10-20-17(13-19)15-6-2-1-3-7-15;1-2-4-9(5-3-1)10-8-11-6-7-12-10;8-5-6-2-1-3-7(9)4-6;/h1-8,11,17H,9-10,12-13H2;1-5,10-11H,6-8H2;1-4H,5H2;1H4. The molecule has 6 rings (SSSR count). The summed E-state index contributed by atoms with van der Waals surface area (Å²) in [7, 11) is 0. The van der Waals surface area contributed by atoms with Crippen molar-refractivity contribution in [1.82, 2.24) is 10.2 Å². The van der Waals surface area contributed by atoms with Crippen molar-refractivity contribution in [3.05, 3.63) is 140 Å². The van der Waals surface area contributed by atoms with Crippen molar-refractivity contribution in [3.63, 3.8) is 0 Å². The van der Waals surface area contributed by atoms with E-state index in [1.54, 1.807) is 0 Å². The van der Waals surface area contributed by atoms with Crippen molar-refractivity contribution in [2.75, 3.05) is 39.4 Å². The summed E-state index contributed by atoms with van der Waals surface area (Å²) in [6.45, 7) is 6.46. The van der Waals surface area contributed by atoms with Gasteiger partial charge in [0.1, 0.15) is 0 Å². The highest BCUT2D eigenvalue weighted by Gasteiger charge is 2.21. The van der Waals surface area contributed by atoms with Gasteiger partial charge in [0, 0.05) is 47.0 Å². The third-order valence-electron chi connectivity index (χ3n) is 6.76. The van der Waals surface area contributed by atoms with Crippen molar-refractivity contribution in [2.45, 2.75) is 31.5 Å². The summed E-state index contributed by atoms with van der Waals surface area (Å²) in [5.74, 6) is 0. The van der Waals surface area contributed by atoms with Crippen molar-refractivity contribution in [3.8, 4) is 0 Å². The van der Waals surface area contributed by atoms with Crippen LogP contribution in [0.3, 0.4) is 0 Å². The number of morpholine rings is 2. The van der Waals surface area contributed by atoms with Gasteiger partial charge in [0.15, 0.2) is 0 Å². The molecule has 2 saturated heterocycles. The summed E-state index contributed by atoms with van der Waals surface area (Å²) in [6, 6.07) is 37.6. The molecule has 2 unspecified atom stereocenters. The molecule has 2 fully saturated rings. The molecule has 0 bridgehead atoms. The minimum absolute atomic E-state index is 0. The molecule has 2 aliphatic rings. The predicted molar refractivity (Wildman–Crippen MR) is 186 cm³/mol. The van der Waals surface area contributed by atoms with Gasteiger partial charge in [0.2, 0.25) is 0 Å². The van der Waals surface area contributed by atoms with Crippen LogP contribution in [-0.4, -0.2) is 44.3 Å². The normalized spacial score (nSPS) is 18.4. The highest BCUT2D eigenvalue weighted by molar-refractivity contribution is 9.10. The van der Waals surface area contributed by atoms with Gasteiger partial charge in [-0.3, -0.25) is 4.90 Å². The van der Waals surface area contributed by atoms with E-state index in [0.29, 0.717) is 0 Å². The number of nitrogens with one attached hydrogen (secondary N) is 1. The second-order valence-corrected chi connectivity index (χ2v) is 12.3. The van der Waals surface area contributed by atoms with Gasteiger partial charge in [0.05, 0.1) is 25.4 Å². The van der Waals surface area contributed by atoms with Crippen molar-refractivity contribution in [2.24, 2.45) is 0 Å². The number of benzene rings is 4. The lowest BCUT2D eigenvalue weighted by molar-refractivity contribution is -0.0329. The molecule has 4 nitrogen and oxygen atoms in total. The lowest BCUT2D eigenvalue weighted by atomic mass is 10.1. The smallest absolute Gasteiger partial charge is 0.0952 e. The average molecular weight is 761 g/mol. The number of alkyl halides is 1. The molecule has 2 atom stereocenters. The van der Waals surface area contributed by atoms with Crippen LogP contribution in [0.1, 0.15) is 41.9 Å². The predicted octanol–water partition coefficient (Wildman–Crippen LogP) is 9.35. The van der Waals surface area contributed by atoms with Crippen molar-refractivity contribution < 1.29 is 9.47 Å². The zero-order valence-corrected chi connectivity index (χ0v) is 27.9. The van der Waals surface area contributed by atoms with E-state index in [2.05, 4.69) is 131 Å². The molecule has 0 aromatic heterocycles. The van der Waals surface area contributed by atoms with Crippen LogP contribution < -0.4 is 5.32 Å². The zero-order chi connectivity index (χ0) is 28.7. The molecule has 0 radical (unpaired) electrons. The first-order valence-corrected chi connectivity index (χ1v) is 16.6. The minimum Gasteiger partial charge on any atom is -0.371 e. The van der Waals surface area contributed by atoms with Crippen LogP contribution in [0.4, 0.5) is 0 Å². The van der Waals surface area contributed by atoms with Crippen molar-refractivity contribution >= 4 is 47.8 Å². The lowest BCUT2D eigenvalue weighted by Gasteiger charge is -2.33. The molecule has 0 saturated carbocycles. The molecule has 2 aliphatic heterocycles. The van der Waals surface area contributed by atoms with Crippen LogP contribution in [0.2, 0.25) is 0 Å². The van der Waals surface area contributed by atoms with E-state index in [1.165, 1.54) is 22.3 Å². The van der Waals surface area contributed by atoms with Gasteiger partial charge < -0.3 is 14.8 Å². The van der Waals surface area contributed by atoms with Gasteiger partial charge in [0.25, 0.3) is 0 Å². The molecular formula is C35H41Br3N2O2. The van der Waals surface area contributed by atoms with Crippen LogP contribution >= 0.6 is 47.8 Å². The molecule has 224 valence electrons. The summed E-state index contributed by atoms with van der Waals surface area (Å²) in [4.78, 5) is 2.46. The van der Waals surface area contributed by atoms with Gasteiger partial charge in [-0.2, -0.15) is 0 Å². The number of hydrogen-bond donors (Lipinski definition) is 1. The molecular weight excluding hydrogens is 720 g/mol. The number of rotatable bonds is 5. The molecule has 1 N–H and O–H groups in total. The van der Waals surface area contributed by atoms with Gasteiger partial charge in [-0.15, -0.1) is 0 Å². The Labute approximate surface area is 277 Å². The fourth-order valence-electron chi connectivity index (χ4n) is 4.68. The van der Waals surface area contributed by atoms with Gasteiger partial charge in [-0.1, -0.05) is 140 Å². The van der Waals surface area contributed by atoms with E-state index < -0.39 is 0 Å². The summed E-state index contributed by atoms with van der Waals surface area (Å²) in [5, 5.41) is 4.23. The first-order chi connectivity index (χ1) is 20.1. The van der Waals surface area contributed by atoms with Crippen LogP contribution in [0.5, 0.6) is 0 Å². The molecule has 0 aliphatic carbocycles. The Hall–Kier alpha value is -1.84. The summed E-state index contributed by atoms with van der Waals surface area (Å²) < 4.78 is 13.8. The zero-order valence-electron chi connectivity index (χ0n) is 23.1. The molecule has 42 heavy (non-hydrogen) atoms. The molecule has 4 aromatic rings. The highest BCUT2D eigenvalue weighted by Crippen LogP contribution is 2.24. The fourth-order valence-corrected chi connectivity index (χ4v) is 5.92. The lowest BCUT2D eigenvalue weighted by Crippen LogP contribution is -2.37. The minimum atomic E-state index is 0. The Balaban J connectivity index is 0.000000188. The molecule has 7 heteroatoms. The number of halogens is 3. The quantitative estimate of drug-likeness (QED) is 0.206. The highest BCUT2D eigenvalue weighted by atomic mass is 79.9. The van der Waals surface area contributed by atoms with E-state index in [9.17, 15) is 0 Å². The van der Waals surface area contributed by atoms with Crippen LogP contribution in [0.15, 0.2) is 118 Å². The Bertz CT molecular complexity index is 1290. The Kier molecular flexibility index (Phi) is 16.0. The van der Waals surface area contributed by atoms with Crippen molar-refractivity contribution in [1.29, 1.82) is 0 Å². The van der Waals surface area contributed by atoms with E-state index in [1.807, 2.05) is 36.4 Å². The Morgan fingerprint density at radius 1 is 0.690 bits per heavy atom. The van der Waals surface area contributed by atoms with E-state index >= 15 is 0 Å². The maximum absolute atomic E-state index is 5.90. The monoisotopic (exact) mass is 758 g/mol. The van der Waals surface area contributed by atoms with Crippen LogP contribution in [0, 0.1) is 0 Å².